The zero-order valence-electron chi connectivity index (χ0n) is 32.0. The first-order chi connectivity index (χ1) is 24.1. The van der Waals surface area contributed by atoms with Crippen molar-refractivity contribution in [2.75, 3.05) is 0 Å². The molecule has 0 radical (unpaired) electrons. The Morgan fingerprint density at radius 2 is 0.941 bits per heavy atom. The van der Waals surface area contributed by atoms with Gasteiger partial charge in [-0.2, -0.15) is 0 Å². The Balaban J connectivity index is 0.000000238. The molecule has 4 heteroatoms. The highest BCUT2D eigenvalue weighted by Crippen LogP contribution is 2.33. The van der Waals surface area contributed by atoms with Crippen LogP contribution in [0.5, 0.6) is 0 Å². The van der Waals surface area contributed by atoms with Crippen LogP contribution < -0.4 is 0 Å². The van der Waals surface area contributed by atoms with Gasteiger partial charge < -0.3 is 9.84 Å². The number of hydrogen-bond donors (Lipinski definition) is 1. The fraction of sp³-hybridized carbons (Fsp3) is 0.362. The summed E-state index contributed by atoms with van der Waals surface area (Å²) >= 11 is 0. The lowest BCUT2D eigenvalue weighted by atomic mass is 9.77. The molecule has 0 saturated heterocycles. The van der Waals surface area contributed by atoms with Crippen molar-refractivity contribution in [1.29, 1.82) is 0 Å². The van der Waals surface area contributed by atoms with Crippen LogP contribution in [0.25, 0.3) is 0 Å². The van der Waals surface area contributed by atoms with E-state index in [0.717, 1.165) is 42.4 Å². The van der Waals surface area contributed by atoms with Gasteiger partial charge in [-0.3, -0.25) is 9.59 Å². The molecule has 0 saturated carbocycles. The van der Waals surface area contributed by atoms with Crippen molar-refractivity contribution in [3.63, 3.8) is 0 Å². The molecule has 2 aliphatic carbocycles. The molecule has 0 fully saturated rings. The Hall–Kier alpha value is -4.38. The summed E-state index contributed by atoms with van der Waals surface area (Å²) in [4.78, 5) is 25.5. The average Bonchev–Trinajstić information content (AvgIpc) is 3.40. The third-order valence-electron chi connectivity index (χ3n) is 10.8. The van der Waals surface area contributed by atoms with E-state index in [-0.39, 0.29) is 22.6 Å². The van der Waals surface area contributed by atoms with Crippen molar-refractivity contribution in [1.82, 2.24) is 0 Å². The lowest BCUT2D eigenvalue weighted by Crippen LogP contribution is -2.37. The Morgan fingerprint density at radius 1 is 0.588 bits per heavy atom. The molecule has 0 bridgehead atoms. The monoisotopic (exact) mass is 684 g/mol. The Bertz CT molecular complexity index is 1780. The van der Waals surface area contributed by atoms with Crippen LogP contribution >= 0.6 is 0 Å². The number of allylic oxidation sites excluding steroid dienone is 6. The number of carbonyl (C=O) groups excluding carboxylic acids is 2. The molecule has 51 heavy (non-hydrogen) atoms. The summed E-state index contributed by atoms with van der Waals surface area (Å²) in [7, 11) is 0. The van der Waals surface area contributed by atoms with E-state index in [4.69, 9.17) is 4.74 Å². The highest BCUT2D eigenvalue weighted by Gasteiger charge is 2.31. The van der Waals surface area contributed by atoms with E-state index in [1.165, 1.54) is 5.56 Å². The molecule has 2 aliphatic rings. The Morgan fingerprint density at radius 3 is 1.31 bits per heavy atom. The van der Waals surface area contributed by atoms with Gasteiger partial charge in [-0.05, 0) is 99.8 Å². The zero-order valence-corrected chi connectivity index (χ0v) is 32.0. The number of benzene rings is 3. The SMILES string of the molecule is CCC(C)(CC)OC1(C)C=CC2=C(C=CC(C)(O)C=C2)C=C1.CCC(C)(CC)c1ccc(C(=O)c2ccc(C(=O)c3ccc(C)cc3)cc2)cc1. The summed E-state index contributed by atoms with van der Waals surface area (Å²) in [5.41, 5.74) is 5.76. The second-order valence-electron chi connectivity index (χ2n) is 14.9. The summed E-state index contributed by atoms with van der Waals surface area (Å²) in [5.74, 6) is -0.0626. The van der Waals surface area contributed by atoms with Crippen LogP contribution in [-0.4, -0.2) is 33.5 Å². The van der Waals surface area contributed by atoms with Gasteiger partial charge >= 0.3 is 0 Å². The minimum Gasteiger partial charge on any atom is -0.382 e. The molecule has 0 atom stereocenters. The fourth-order valence-corrected chi connectivity index (χ4v) is 6.12. The van der Waals surface area contributed by atoms with Gasteiger partial charge in [0, 0.05) is 22.3 Å². The van der Waals surface area contributed by atoms with Crippen LogP contribution in [0.2, 0.25) is 0 Å². The summed E-state index contributed by atoms with van der Waals surface area (Å²) in [6, 6.07) is 22.4. The molecule has 1 N–H and O–H groups in total. The first-order valence-electron chi connectivity index (χ1n) is 18.4. The third-order valence-corrected chi connectivity index (χ3v) is 10.8. The first-order valence-corrected chi connectivity index (χ1v) is 18.4. The molecule has 3 aromatic carbocycles. The lowest BCUT2D eigenvalue weighted by molar-refractivity contribution is -0.0971. The highest BCUT2D eigenvalue weighted by molar-refractivity contribution is 6.11. The van der Waals surface area contributed by atoms with Gasteiger partial charge in [0.25, 0.3) is 0 Å². The van der Waals surface area contributed by atoms with E-state index in [1.807, 2.05) is 67.6 Å². The maximum Gasteiger partial charge on any atom is 0.193 e. The number of rotatable bonds is 11. The van der Waals surface area contributed by atoms with Gasteiger partial charge in [0.05, 0.1) is 11.2 Å². The maximum atomic E-state index is 12.9. The normalized spacial score (nSPS) is 16.1. The van der Waals surface area contributed by atoms with Gasteiger partial charge in [0.15, 0.2) is 11.6 Å². The second kappa shape index (κ2) is 16.3. The lowest BCUT2D eigenvalue weighted by Gasteiger charge is -2.36. The maximum absolute atomic E-state index is 12.9. The van der Waals surface area contributed by atoms with E-state index in [2.05, 4.69) is 84.9 Å². The van der Waals surface area contributed by atoms with E-state index < -0.39 is 11.2 Å². The largest absolute Gasteiger partial charge is 0.382 e. The van der Waals surface area contributed by atoms with Crippen LogP contribution in [-0.2, 0) is 10.2 Å². The summed E-state index contributed by atoms with van der Waals surface area (Å²) < 4.78 is 6.43. The van der Waals surface area contributed by atoms with Crippen molar-refractivity contribution in [3.8, 4) is 0 Å². The number of carbonyl (C=O) groups is 2. The molecule has 0 unspecified atom stereocenters. The van der Waals surface area contributed by atoms with Crippen LogP contribution in [0, 0.1) is 6.92 Å². The second-order valence-corrected chi connectivity index (χ2v) is 14.9. The van der Waals surface area contributed by atoms with Crippen LogP contribution in [0.15, 0.2) is 133 Å². The number of ether oxygens (including phenoxy) is 1. The molecule has 0 aliphatic heterocycles. The average molecular weight is 685 g/mol. The van der Waals surface area contributed by atoms with Gasteiger partial charge in [0.1, 0.15) is 5.60 Å². The van der Waals surface area contributed by atoms with Crippen molar-refractivity contribution in [2.45, 2.75) is 110 Å². The fourth-order valence-electron chi connectivity index (χ4n) is 6.12. The number of ketones is 2. The molecule has 0 spiro atoms. The Kier molecular flexibility index (Phi) is 12.6. The van der Waals surface area contributed by atoms with Crippen LogP contribution in [0.3, 0.4) is 0 Å². The molecule has 3 aromatic rings. The quantitative estimate of drug-likeness (QED) is 0.204. The smallest absolute Gasteiger partial charge is 0.193 e. The third kappa shape index (κ3) is 9.90. The minimum atomic E-state index is -0.892. The molecule has 0 aromatic heterocycles. The number of aliphatic hydroxyl groups is 1. The van der Waals surface area contributed by atoms with E-state index in [0.29, 0.717) is 22.3 Å². The van der Waals surface area contributed by atoms with Crippen LogP contribution in [0.1, 0.15) is 124 Å². The van der Waals surface area contributed by atoms with Crippen molar-refractivity contribution >= 4 is 11.6 Å². The van der Waals surface area contributed by atoms with E-state index >= 15 is 0 Å². The highest BCUT2D eigenvalue weighted by atomic mass is 16.5. The topological polar surface area (TPSA) is 63.6 Å². The first kappa shape index (κ1) is 39.4. The van der Waals surface area contributed by atoms with Crippen LogP contribution in [0.4, 0.5) is 0 Å². The molecule has 0 amide bonds. The molecule has 4 nitrogen and oxygen atoms in total. The van der Waals surface area contributed by atoms with Gasteiger partial charge in [-0.15, -0.1) is 0 Å². The molecule has 5 rings (SSSR count). The number of aryl methyl sites for hydroxylation is 1. The van der Waals surface area contributed by atoms with Gasteiger partial charge in [-0.25, -0.2) is 0 Å². The van der Waals surface area contributed by atoms with Gasteiger partial charge in [0.2, 0.25) is 0 Å². The Labute approximate surface area is 306 Å². The van der Waals surface area contributed by atoms with Crippen molar-refractivity contribution in [2.24, 2.45) is 0 Å². The predicted octanol–water partition coefficient (Wildman–Crippen LogP) is 11.2. The zero-order chi connectivity index (χ0) is 37.5. The minimum absolute atomic E-state index is 0.0272. The van der Waals surface area contributed by atoms with Gasteiger partial charge in [-0.1, -0.05) is 137 Å². The molecule has 268 valence electrons. The molecular weight excluding hydrogens is 629 g/mol. The standard InChI is InChI=1S/C27H28O2.C20H28O2/c1-5-27(4,6-2)24-17-15-23(16-18-24)26(29)22-13-11-21(12-14-22)25(28)20-9-7-19(3)8-10-20;1-6-19(4,7-2)22-20(5)14-10-16-8-12-18(3,21)13-9-17(16)11-15-20/h7-18H,5-6H2,1-4H3;8-15,21H,6-7H2,1-5H3. The summed E-state index contributed by atoms with van der Waals surface area (Å²) in [6.07, 6.45) is 20.1. The summed E-state index contributed by atoms with van der Waals surface area (Å²) in [5, 5.41) is 10.1. The van der Waals surface area contributed by atoms with Crippen molar-refractivity contribution < 1.29 is 19.4 Å². The molecule has 0 heterocycles. The summed E-state index contributed by atoms with van der Waals surface area (Å²) in [6.45, 7) is 19.0. The van der Waals surface area contributed by atoms with E-state index in [9.17, 15) is 14.7 Å². The van der Waals surface area contributed by atoms with E-state index in [1.54, 1.807) is 31.2 Å². The van der Waals surface area contributed by atoms with Crippen molar-refractivity contribution in [3.05, 3.63) is 166 Å². The predicted molar refractivity (Wildman–Crippen MR) is 212 cm³/mol. The number of hydrogen-bond acceptors (Lipinski definition) is 4. The molecular formula is C47H56O4.